The van der Waals surface area contributed by atoms with Gasteiger partial charge in [-0.1, -0.05) is 42.8 Å². The zero-order valence-electron chi connectivity index (χ0n) is 15.1. The average molecular weight is 407 g/mol. The lowest BCUT2D eigenvalue weighted by Crippen LogP contribution is -2.44. The molecule has 27 heavy (non-hydrogen) atoms. The molecule has 0 N–H and O–H groups in total. The number of ketones is 1. The fraction of sp³-hybridized carbons (Fsp3) is 0.250. The zero-order valence-corrected chi connectivity index (χ0v) is 16.7. The summed E-state index contributed by atoms with van der Waals surface area (Å²) in [5, 5.41) is 0.554. The second-order valence-electron chi connectivity index (χ2n) is 6.43. The summed E-state index contributed by atoms with van der Waals surface area (Å²) < 4.78 is 35.0. The SMILES string of the molecule is COC1=CC(=O)C(C)C(c2ccc(Cl)cc2)(c2ccc(S(C)(=O)=O)cc2)O1. The van der Waals surface area contributed by atoms with E-state index in [1.54, 1.807) is 43.3 Å². The number of benzene rings is 2. The molecule has 0 fully saturated rings. The number of carbonyl (C=O) groups is 1. The van der Waals surface area contributed by atoms with Gasteiger partial charge in [-0.05, 0) is 24.3 Å². The van der Waals surface area contributed by atoms with Crippen LogP contribution in [0.4, 0.5) is 0 Å². The summed E-state index contributed by atoms with van der Waals surface area (Å²) in [7, 11) is -1.92. The minimum Gasteiger partial charge on any atom is -0.469 e. The van der Waals surface area contributed by atoms with Crippen LogP contribution in [0.5, 0.6) is 0 Å². The topological polar surface area (TPSA) is 69.7 Å². The summed E-state index contributed by atoms with van der Waals surface area (Å²) in [5.41, 5.74) is 0.181. The number of sulfone groups is 1. The minimum absolute atomic E-state index is 0.0974. The quantitative estimate of drug-likeness (QED) is 0.774. The van der Waals surface area contributed by atoms with E-state index >= 15 is 0 Å². The van der Waals surface area contributed by atoms with E-state index in [0.717, 1.165) is 6.26 Å². The first kappa shape index (κ1) is 19.5. The summed E-state index contributed by atoms with van der Waals surface area (Å²) in [6.07, 6.45) is 2.47. The van der Waals surface area contributed by atoms with Crippen molar-refractivity contribution in [3.8, 4) is 0 Å². The van der Waals surface area contributed by atoms with Crippen LogP contribution in [-0.4, -0.2) is 27.6 Å². The molecule has 1 aliphatic rings. The van der Waals surface area contributed by atoms with Crippen LogP contribution >= 0.6 is 11.6 Å². The molecule has 2 unspecified atom stereocenters. The van der Waals surface area contributed by atoms with Crippen molar-refractivity contribution in [1.82, 2.24) is 0 Å². The number of rotatable bonds is 4. The molecule has 5 nitrogen and oxygen atoms in total. The molecular weight excluding hydrogens is 388 g/mol. The molecule has 0 bridgehead atoms. The van der Waals surface area contributed by atoms with Crippen LogP contribution in [0.15, 0.2) is 65.4 Å². The third kappa shape index (κ3) is 3.47. The third-order valence-corrected chi connectivity index (χ3v) is 6.12. The highest BCUT2D eigenvalue weighted by Crippen LogP contribution is 2.45. The molecule has 0 saturated heterocycles. The summed E-state index contributed by atoms with van der Waals surface area (Å²) >= 11 is 6.02. The number of halogens is 1. The summed E-state index contributed by atoms with van der Waals surface area (Å²) in [6.45, 7) is 1.77. The lowest BCUT2D eigenvalue weighted by molar-refractivity contribution is -0.138. The predicted molar refractivity (Wildman–Crippen MR) is 102 cm³/mol. The van der Waals surface area contributed by atoms with Crippen LogP contribution in [0.1, 0.15) is 18.1 Å². The minimum atomic E-state index is -3.34. The molecule has 7 heteroatoms. The van der Waals surface area contributed by atoms with E-state index in [4.69, 9.17) is 21.1 Å². The maximum atomic E-state index is 12.7. The Morgan fingerprint density at radius 1 is 1.04 bits per heavy atom. The van der Waals surface area contributed by atoms with Gasteiger partial charge in [-0.15, -0.1) is 0 Å². The van der Waals surface area contributed by atoms with Gasteiger partial charge in [0.1, 0.15) is 0 Å². The molecule has 0 aromatic heterocycles. The Bertz CT molecular complexity index is 994. The summed E-state index contributed by atoms with van der Waals surface area (Å²) in [6, 6.07) is 13.3. The number of methoxy groups -OCH3 is 1. The molecule has 2 atom stereocenters. The van der Waals surface area contributed by atoms with Gasteiger partial charge in [-0.2, -0.15) is 0 Å². The maximum absolute atomic E-state index is 12.7. The van der Waals surface area contributed by atoms with Crippen LogP contribution < -0.4 is 0 Å². The Morgan fingerprint density at radius 3 is 2.04 bits per heavy atom. The Labute approximate surface area is 163 Å². The Balaban J connectivity index is 2.24. The van der Waals surface area contributed by atoms with Gasteiger partial charge in [0.05, 0.1) is 24.0 Å². The smallest absolute Gasteiger partial charge is 0.283 e. The highest BCUT2D eigenvalue weighted by atomic mass is 35.5. The monoisotopic (exact) mass is 406 g/mol. The molecule has 0 aliphatic carbocycles. The first-order valence-electron chi connectivity index (χ1n) is 8.23. The van der Waals surface area contributed by atoms with Gasteiger partial charge in [-0.25, -0.2) is 8.42 Å². The predicted octanol–water partition coefficient (Wildman–Crippen LogP) is 3.71. The number of allylic oxidation sites excluding steroid dienone is 1. The van der Waals surface area contributed by atoms with Crippen molar-refractivity contribution >= 4 is 27.2 Å². The van der Waals surface area contributed by atoms with E-state index in [0.29, 0.717) is 16.1 Å². The molecule has 2 aromatic carbocycles. The molecule has 1 aliphatic heterocycles. The van der Waals surface area contributed by atoms with Gasteiger partial charge in [0.15, 0.2) is 21.2 Å². The van der Waals surface area contributed by atoms with Crippen molar-refractivity contribution in [3.63, 3.8) is 0 Å². The van der Waals surface area contributed by atoms with Gasteiger partial charge >= 0.3 is 0 Å². The van der Waals surface area contributed by atoms with E-state index in [-0.39, 0.29) is 16.6 Å². The van der Waals surface area contributed by atoms with Crippen LogP contribution in [0.2, 0.25) is 5.02 Å². The third-order valence-electron chi connectivity index (χ3n) is 4.74. The molecule has 0 saturated carbocycles. The Morgan fingerprint density at radius 2 is 1.56 bits per heavy atom. The van der Waals surface area contributed by atoms with Crippen molar-refractivity contribution < 1.29 is 22.7 Å². The van der Waals surface area contributed by atoms with Crippen LogP contribution in [0, 0.1) is 5.92 Å². The van der Waals surface area contributed by atoms with Crippen LogP contribution in [0.25, 0.3) is 0 Å². The molecule has 0 amide bonds. The summed E-state index contributed by atoms with van der Waals surface area (Å²) in [4.78, 5) is 12.9. The number of ether oxygens (including phenoxy) is 2. The molecule has 142 valence electrons. The van der Waals surface area contributed by atoms with Gasteiger partial charge in [0.25, 0.3) is 5.95 Å². The largest absolute Gasteiger partial charge is 0.469 e. The number of hydrogen-bond donors (Lipinski definition) is 0. The van der Waals surface area contributed by atoms with Gasteiger partial charge in [-0.3, -0.25) is 4.79 Å². The van der Waals surface area contributed by atoms with Gasteiger partial charge in [0.2, 0.25) is 0 Å². The number of carbonyl (C=O) groups excluding carboxylic acids is 1. The molecule has 3 rings (SSSR count). The van der Waals surface area contributed by atoms with Gasteiger partial charge in [0, 0.05) is 22.4 Å². The summed E-state index contributed by atoms with van der Waals surface area (Å²) in [5.74, 6) is -0.623. The van der Waals surface area contributed by atoms with Crippen molar-refractivity contribution in [1.29, 1.82) is 0 Å². The molecule has 1 heterocycles. The lowest BCUT2D eigenvalue weighted by atomic mass is 9.74. The Kier molecular flexibility index (Phi) is 5.06. The van der Waals surface area contributed by atoms with E-state index in [9.17, 15) is 13.2 Å². The van der Waals surface area contributed by atoms with Crippen molar-refractivity contribution in [2.45, 2.75) is 17.4 Å². The number of hydrogen-bond acceptors (Lipinski definition) is 5. The van der Waals surface area contributed by atoms with Crippen molar-refractivity contribution in [2.75, 3.05) is 13.4 Å². The fourth-order valence-corrected chi connectivity index (χ4v) is 4.01. The second kappa shape index (κ2) is 7.02. The van der Waals surface area contributed by atoms with Crippen molar-refractivity contribution in [3.05, 3.63) is 76.7 Å². The molecule has 2 aromatic rings. The molecule has 0 spiro atoms. The van der Waals surface area contributed by atoms with Gasteiger partial charge < -0.3 is 9.47 Å². The zero-order chi connectivity index (χ0) is 19.8. The molecule has 0 radical (unpaired) electrons. The normalized spacial score (nSPS) is 22.7. The van der Waals surface area contributed by atoms with Crippen LogP contribution in [-0.2, 0) is 29.7 Å². The fourth-order valence-electron chi connectivity index (χ4n) is 3.25. The first-order chi connectivity index (χ1) is 12.7. The average Bonchev–Trinajstić information content (AvgIpc) is 2.64. The first-order valence-corrected chi connectivity index (χ1v) is 10.5. The highest BCUT2D eigenvalue weighted by Gasteiger charge is 2.49. The van der Waals surface area contributed by atoms with E-state index < -0.39 is 21.4 Å². The van der Waals surface area contributed by atoms with E-state index in [1.165, 1.54) is 25.3 Å². The standard InChI is InChI=1S/C20H19ClO5S/c1-13-18(22)12-19(25-2)26-20(13,14-4-8-16(21)9-5-14)15-6-10-17(11-7-15)27(3,23)24/h4-13H,1-3H3. The maximum Gasteiger partial charge on any atom is 0.283 e. The lowest BCUT2D eigenvalue weighted by Gasteiger charge is -2.41. The van der Waals surface area contributed by atoms with E-state index in [1.807, 2.05) is 0 Å². The second-order valence-corrected chi connectivity index (χ2v) is 8.88. The highest BCUT2D eigenvalue weighted by molar-refractivity contribution is 7.90. The van der Waals surface area contributed by atoms with Crippen molar-refractivity contribution in [2.24, 2.45) is 5.92 Å². The molecular formula is C20H19ClO5S. The Hall–Kier alpha value is -2.31. The van der Waals surface area contributed by atoms with Crippen LogP contribution in [0.3, 0.4) is 0 Å². The van der Waals surface area contributed by atoms with E-state index in [2.05, 4.69) is 0 Å².